The Hall–Kier alpha value is -0.560. The summed E-state index contributed by atoms with van der Waals surface area (Å²) in [7, 11) is 0. The molecule has 0 saturated carbocycles. The highest BCUT2D eigenvalue weighted by atomic mass is 15.1. The van der Waals surface area contributed by atoms with E-state index < -0.39 is 0 Å². The monoisotopic (exact) mass is 219 g/mol. The first-order chi connectivity index (χ1) is 7.61. The summed E-state index contributed by atoms with van der Waals surface area (Å²) in [6, 6.07) is 0. The highest BCUT2D eigenvalue weighted by Gasteiger charge is 2.23. The van der Waals surface area contributed by atoms with Crippen molar-refractivity contribution in [3.05, 3.63) is 22.3 Å². The van der Waals surface area contributed by atoms with Crippen molar-refractivity contribution in [1.82, 2.24) is 4.90 Å². The van der Waals surface area contributed by atoms with Crippen molar-refractivity contribution >= 4 is 0 Å². The first kappa shape index (κ1) is 11.9. The van der Waals surface area contributed by atoms with Gasteiger partial charge in [-0.05, 0) is 70.2 Å². The SMILES string of the molecule is CC1=C(C)C(C)C(C)=C1CCN1CCCC1. The Kier molecular flexibility index (Phi) is 3.53. The largest absolute Gasteiger partial charge is 0.303 e. The zero-order chi connectivity index (χ0) is 11.7. The smallest absolute Gasteiger partial charge is 0.00219 e. The topological polar surface area (TPSA) is 3.24 Å². The molecule has 0 aromatic carbocycles. The Morgan fingerprint density at radius 1 is 1.06 bits per heavy atom. The lowest BCUT2D eigenvalue weighted by Gasteiger charge is -2.16. The van der Waals surface area contributed by atoms with Crippen LogP contribution in [0, 0.1) is 5.92 Å². The number of likely N-dealkylation sites (tertiary alicyclic amines) is 1. The third-order valence-electron chi connectivity index (χ3n) is 4.70. The van der Waals surface area contributed by atoms with E-state index in [9.17, 15) is 0 Å². The zero-order valence-electron chi connectivity index (χ0n) is 11.3. The van der Waals surface area contributed by atoms with E-state index in [4.69, 9.17) is 0 Å². The summed E-state index contributed by atoms with van der Waals surface area (Å²) < 4.78 is 0. The summed E-state index contributed by atoms with van der Waals surface area (Å²) in [5.41, 5.74) is 6.43. The molecule has 1 fully saturated rings. The number of allylic oxidation sites excluding steroid dienone is 3. The summed E-state index contributed by atoms with van der Waals surface area (Å²) in [5.74, 6) is 0.688. The van der Waals surface area contributed by atoms with E-state index in [0.717, 1.165) is 0 Å². The van der Waals surface area contributed by atoms with Crippen molar-refractivity contribution in [3.63, 3.8) is 0 Å². The Balaban J connectivity index is 1.98. The molecule has 90 valence electrons. The van der Waals surface area contributed by atoms with Gasteiger partial charge in [0.05, 0.1) is 0 Å². The molecule has 1 saturated heterocycles. The molecular formula is C15H25N. The van der Waals surface area contributed by atoms with Gasteiger partial charge in [0.2, 0.25) is 0 Å². The van der Waals surface area contributed by atoms with E-state index in [1.54, 1.807) is 22.3 Å². The zero-order valence-corrected chi connectivity index (χ0v) is 11.3. The number of nitrogens with zero attached hydrogens (tertiary/aromatic N) is 1. The Bertz CT molecular complexity index is 329. The summed E-state index contributed by atoms with van der Waals surface area (Å²) in [6.07, 6.45) is 4.07. The molecule has 1 unspecified atom stereocenters. The third-order valence-corrected chi connectivity index (χ3v) is 4.70. The van der Waals surface area contributed by atoms with Crippen LogP contribution in [0.25, 0.3) is 0 Å². The van der Waals surface area contributed by atoms with Crippen LogP contribution in [0.5, 0.6) is 0 Å². The Morgan fingerprint density at radius 2 is 1.69 bits per heavy atom. The fraction of sp³-hybridized carbons (Fsp3) is 0.733. The summed E-state index contributed by atoms with van der Waals surface area (Å²) >= 11 is 0. The van der Waals surface area contributed by atoms with E-state index in [1.807, 2.05) is 0 Å². The molecule has 2 rings (SSSR count). The molecule has 1 heterocycles. The number of hydrogen-bond donors (Lipinski definition) is 0. The van der Waals surface area contributed by atoms with Gasteiger partial charge in [0.1, 0.15) is 0 Å². The molecule has 1 aliphatic carbocycles. The van der Waals surface area contributed by atoms with E-state index in [1.165, 1.54) is 38.9 Å². The predicted molar refractivity (Wildman–Crippen MR) is 70.5 cm³/mol. The normalized spacial score (nSPS) is 27.4. The van der Waals surface area contributed by atoms with Gasteiger partial charge in [-0.25, -0.2) is 0 Å². The van der Waals surface area contributed by atoms with E-state index in [0.29, 0.717) is 5.92 Å². The molecule has 1 atom stereocenters. The molecule has 0 N–H and O–H groups in total. The first-order valence-electron chi connectivity index (χ1n) is 6.71. The molecule has 1 aliphatic heterocycles. The van der Waals surface area contributed by atoms with Crippen molar-refractivity contribution in [2.75, 3.05) is 19.6 Å². The fourth-order valence-electron chi connectivity index (χ4n) is 3.11. The lowest BCUT2D eigenvalue weighted by Crippen LogP contribution is -2.20. The average molecular weight is 219 g/mol. The van der Waals surface area contributed by atoms with Crippen molar-refractivity contribution in [3.8, 4) is 0 Å². The molecule has 2 aliphatic rings. The third kappa shape index (κ3) is 2.10. The second-order valence-corrected chi connectivity index (χ2v) is 5.49. The number of hydrogen-bond acceptors (Lipinski definition) is 1. The van der Waals surface area contributed by atoms with Gasteiger partial charge in [0.15, 0.2) is 0 Å². The van der Waals surface area contributed by atoms with Gasteiger partial charge in [-0.2, -0.15) is 0 Å². The van der Waals surface area contributed by atoms with Gasteiger partial charge in [-0.1, -0.05) is 18.1 Å². The van der Waals surface area contributed by atoms with Crippen LogP contribution < -0.4 is 0 Å². The van der Waals surface area contributed by atoms with Crippen molar-refractivity contribution in [2.24, 2.45) is 5.92 Å². The lowest BCUT2D eigenvalue weighted by atomic mass is 9.99. The van der Waals surface area contributed by atoms with Crippen LogP contribution in [0.2, 0.25) is 0 Å². The Labute approximate surface area is 100 Å². The molecular weight excluding hydrogens is 194 g/mol. The van der Waals surface area contributed by atoms with Crippen LogP contribution >= 0.6 is 0 Å². The minimum Gasteiger partial charge on any atom is -0.303 e. The lowest BCUT2D eigenvalue weighted by molar-refractivity contribution is 0.343. The second kappa shape index (κ2) is 4.75. The van der Waals surface area contributed by atoms with E-state index >= 15 is 0 Å². The van der Waals surface area contributed by atoms with Gasteiger partial charge in [-0.15, -0.1) is 0 Å². The van der Waals surface area contributed by atoms with Crippen LogP contribution in [-0.2, 0) is 0 Å². The molecule has 1 nitrogen and oxygen atoms in total. The van der Waals surface area contributed by atoms with Gasteiger partial charge in [-0.3, -0.25) is 0 Å². The predicted octanol–water partition coefficient (Wildman–Crippen LogP) is 3.77. The quantitative estimate of drug-likeness (QED) is 0.698. The summed E-state index contributed by atoms with van der Waals surface area (Å²) in [4.78, 5) is 2.62. The molecule has 16 heavy (non-hydrogen) atoms. The van der Waals surface area contributed by atoms with Gasteiger partial charge in [0.25, 0.3) is 0 Å². The second-order valence-electron chi connectivity index (χ2n) is 5.49. The van der Waals surface area contributed by atoms with Gasteiger partial charge < -0.3 is 4.90 Å². The van der Waals surface area contributed by atoms with Crippen LogP contribution in [0.4, 0.5) is 0 Å². The summed E-state index contributed by atoms with van der Waals surface area (Å²) in [5, 5.41) is 0. The Morgan fingerprint density at radius 3 is 2.19 bits per heavy atom. The van der Waals surface area contributed by atoms with Crippen molar-refractivity contribution < 1.29 is 0 Å². The molecule has 0 aromatic heterocycles. The van der Waals surface area contributed by atoms with E-state index in [2.05, 4.69) is 32.6 Å². The molecule has 0 spiro atoms. The minimum absolute atomic E-state index is 0.688. The van der Waals surface area contributed by atoms with Crippen LogP contribution in [0.1, 0.15) is 47.0 Å². The van der Waals surface area contributed by atoms with Gasteiger partial charge in [0, 0.05) is 6.54 Å². The van der Waals surface area contributed by atoms with Crippen molar-refractivity contribution in [1.29, 1.82) is 0 Å². The molecule has 0 radical (unpaired) electrons. The van der Waals surface area contributed by atoms with Crippen molar-refractivity contribution in [2.45, 2.75) is 47.0 Å². The van der Waals surface area contributed by atoms with Gasteiger partial charge >= 0.3 is 0 Å². The van der Waals surface area contributed by atoms with Crippen LogP contribution in [0.3, 0.4) is 0 Å². The minimum atomic E-state index is 0.688. The molecule has 0 aromatic rings. The number of rotatable bonds is 3. The molecule has 0 bridgehead atoms. The summed E-state index contributed by atoms with van der Waals surface area (Å²) in [6.45, 7) is 13.2. The standard InChI is InChI=1S/C15H25N/c1-11-12(2)14(4)15(13(11)3)7-10-16-8-5-6-9-16/h11H,5-10H2,1-4H3. The average Bonchev–Trinajstić information content (AvgIpc) is 2.84. The highest BCUT2D eigenvalue weighted by Crippen LogP contribution is 2.38. The first-order valence-corrected chi connectivity index (χ1v) is 6.71. The maximum atomic E-state index is 2.62. The van der Waals surface area contributed by atoms with Crippen LogP contribution in [-0.4, -0.2) is 24.5 Å². The van der Waals surface area contributed by atoms with Crippen LogP contribution in [0.15, 0.2) is 22.3 Å². The fourth-order valence-corrected chi connectivity index (χ4v) is 3.11. The molecule has 0 amide bonds. The van der Waals surface area contributed by atoms with E-state index in [-0.39, 0.29) is 0 Å². The highest BCUT2D eigenvalue weighted by molar-refractivity contribution is 5.46. The maximum absolute atomic E-state index is 2.62. The maximum Gasteiger partial charge on any atom is 0.00219 e. The molecule has 1 heteroatoms.